The van der Waals surface area contributed by atoms with Crippen molar-refractivity contribution in [3.05, 3.63) is 238 Å². The molecule has 0 radical (unpaired) electrons. The molecule has 0 saturated heterocycles. The summed E-state index contributed by atoms with van der Waals surface area (Å²) >= 11 is 19.8. The van der Waals surface area contributed by atoms with Crippen LogP contribution >= 0.6 is 50.5 Å². The molecule has 0 amide bonds. The number of amidine groups is 1. The highest BCUT2D eigenvalue weighted by Crippen LogP contribution is 2.61. The maximum Gasteiger partial charge on any atom is 0.339 e. The molecule has 0 bridgehead atoms. The van der Waals surface area contributed by atoms with Gasteiger partial charge in [0.2, 0.25) is 0 Å². The number of methoxy groups -OCH3 is 2. The predicted molar refractivity (Wildman–Crippen MR) is 301 cm³/mol. The average Bonchev–Trinajstić information content (AvgIpc) is 4.36. The largest absolute Gasteiger partial charge is 0.504 e. The Morgan fingerprint density at radius 1 is 0.642 bits per heavy atom. The van der Waals surface area contributed by atoms with Crippen molar-refractivity contribution < 1.29 is 32.0 Å². The molecule has 81 heavy (non-hydrogen) atoms. The molecule has 4 N–H and O–H groups in total. The summed E-state index contributed by atoms with van der Waals surface area (Å²) in [7, 11) is 2.77. The van der Waals surface area contributed by atoms with E-state index in [2.05, 4.69) is 93.0 Å². The number of halogens is 7. The van der Waals surface area contributed by atoms with Crippen molar-refractivity contribution in [3.63, 3.8) is 0 Å². The van der Waals surface area contributed by atoms with Gasteiger partial charge in [-0.3, -0.25) is 14.8 Å². The Bertz CT molecular complexity index is 4110. The zero-order valence-corrected chi connectivity index (χ0v) is 46.2. The van der Waals surface area contributed by atoms with E-state index in [1.807, 2.05) is 4.40 Å². The summed E-state index contributed by atoms with van der Waals surface area (Å²) in [4.78, 5) is 63.1. The fourth-order valence-electron chi connectivity index (χ4n) is 7.32. The standard InChI is InChI=1S/C17H11ClFN5.C17H12FN5O.C14H12FN5.C5H8O3.Cl3OP/c18-15-5-6-20-16(23-15)14-10-24-8-7-21-17(24)13(22-14)9-11-3-1-2-4-12(11)19;18-12-4-2-1-3-11(12)9-13-17-20-7-8-23(17)10-14(21-13)16-19-6-5-15(24)22-16;15-10-4-2-1-3-9(10)7-11-14-18-5-6-20(14)8-12(19-11)13(16)17;1-7-4-3-5(6)8-2;1-5(2,3)4/h1-8,10H,9H2;1-8,10H,9H2,(H,19,22,24);1-6,8H,7H2,(H3,16,17);3-4H,1-2H3;/b;;;4-3+;. The molecule has 0 aliphatic heterocycles. The van der Waals surface area contributed by atoms with Crippen LogP contribution in [0.15, 0.2) is 170 Å². The van der Waals surface area contributed by atoms with Crippen molar-refractivity contribution >= 4 is 79.3 Å². The highest BCUT2D eigenvalue weighted by atomic mass is 36.0. The van der Waals surface area contributed by atoms with Gasteiger partial charge in [0.1, 0.15) is 45.5 Å². The molecule has 3 aromatic carbocycles. The van der Waals surface area contributed by atoms with Crippen LogP contribution in [0.4, 0.5) is 13.2 Å². The minimum Gasteiger partial charge on any atom is -0.504 e. The highest BCUT2D eigenvalue weighted by Gasteiger charge is 2.16. The fourth-order valence-corrected chi connectivity index (χ4v) is 7.45. The first-order chi connectivity index (χ1) is 38.9. The maximum absolute atomic E-state index is 14.0. The molecule has 0 aliphatic carbocycles. The summed E-state index contributed by atoms with van der Waals surface area (Å²) in [6.45, 7) is 0. The smallest absolute Gasteiger partial charge is 0.339 e. The first-order valence-electron chi connectivity index (χ1n) is 23.4. The number of carbonyl (C=O) groups excluding carboxylic acids is 1. The lowest BCUT2D eigenvalue weighted by Gasteiger charge is -2.08. The van der Waals surface area contributed by atoms with Crippen LogP contribution in [0.2, 0.25) is 5.15 Å². The van der Waals surface area contributed by atoms with Gasteiger partial charge in [0.15, 0.2) is 28.6 Å². The number of hydrogen-bond acceptors (Lipinski definition) is 15. The SMILES string of the molecule is CO/C=C/C(=O)OC.Fc1ccccc1Cc1nc(-c2nccc(Cl)n2)cn2ccnc12.N=C(N)c1cn2ccnc2c(Cc2ccccc2F)n1.O=P(Cl)(Cl)Cl.O=c1ccnc(-c2cn3ccnc3c(Cc3ccccc3F)n2)[nH]1. The van der Waals surface area contributed by atoms with Gasteiger partial charge in [-0.2, -0.15) is 0 Å². The predicted octanol–water partition coefficient (Wildman–Crippen LogP) is 10.7. The van der Waals surface area contributed by atoms with E-state index in [0.717, 1.165) is 0 Å². The number of H-pyrrole nitrogens is 1. The van der Waals surface area contributed by atoms with Crippen molar-refractivity contribution in [2.45, 2.75) is 19.3 Å². The molecular formula is C53H43Cl4F3N15O5P. The fraction of sp³-hybridized carbons (Fsp3) is 0.0943. The first kappa shape index (κ1) is 59.8. The summed E-state index contributed by atoms with van der Waals surface area (Å²) in [5, 5.41) is 4.60. The quantitative estimate of drug-likeness (QED) is 0.0207. The number of ether oxygens (including phenoxy) is 2. The third-order valence-corrected chi connectivity index (χ3v) is 11.1. The van der Waals surface area contributed by atoms with Gasteiger partial charge in [-0.15, -0.1) is 0 Å². The van der Waals surface area contributed by atoms with Gasteiger partial charge < -0.3 is 33.4 Å². The molecule has 0 unspecified atom stereocenters. The molecule has 0 aliphatic rings. The molecule has 8 heterocycles. The molecule has 8 aromatic heterocycles. The zero-order chi connectivity index (χ0) is 58.1. The summed E-state index contributed by atoms with van der Waals surface area (Å²) in [6, 6.07) is 22.6. The lowest BCUT2D eigenvalue weighted by molar-refractivity contribution is -0.134. The summed E-state index contributed by atoms with van der Waals surface area (Å²) in [5.74, 6) is -0.621. The molecule has 20 nitrogen and oxygen atoms in total. The lowest BCUT2D eigenvalue weighted by atomic mass is 10.1. The number of esters is 1. The number of imidazole rings is 3. The molecule has 0 spiro atoms. The summed E-state index contributed by atoms with van der Waals surface area (Å²) in [6.07, 6.45) is 21.8. The summed E-state index contributed by atoms with van der Waals surface area (Å²) in [5.41, 5.74) is 12.0. The minimum absolute atomic E-state index is 0.129. The van der Waals surface area contributed by atoms with E-state index in [1.165, 1.54) is 57.0 Å². The number of benzene rings is 3. The van der Waals surface area contributed by atoms with Gasteiger partial charge >= 0.3 is 11.2 Å². The molecule has 0 fully saturated rings. The molecule has 0 atom stereocenters. The number of nitrogens with one attached hydrogen (secondary N) is 2. The van der Waals surface area contributed by atoms with Crippen LogP contribution in [0.25, 0.3) is 40.0 Å². The number of nitrogens with zero attached hydrogens (tertiary/aromatic N) is 12. The van der Waals surface area contributed by atoms with Crippen molar-refractivity contribution in [3.8, 4) is 23.0 Å². The molecule has 11 aromatic rings. The Morgan fingerprint density at radius 3 is 1.53 bits per heavy atom. The normalized spacial score (nSPS) is 10.9. The minimum atomic E-state index is -3.22. The summed E-state index contributed by atoms with van der Waals surface area (Å²) < 4.78 is 65.2. The number of fused-ring (bicyclic) bond motifs is 3. The Balaban J connectivity index is 0.000000158. The number of carbonyl (C=O) groups is 1. The number of nitrogens with two attached hydrogens (primary N) is 1. The van der Waals surface area contributed by atoms with E-state index in [1.54, 1.807) is 131 Å². The third kappa shape index (κ3) is 17.3. The Labute approximate surface area is 477 Å². The number of rotatable bonds is 11. The van der Waals surface area contributed by atoms with Gasteiger partial charge in [0, 0.05) is 93.5 Å². The van der Waals surface area contributed by atoms with E-state index in [0.29, 0.717) is 97.4 Å². The van der Waals surface area contributed by atoms with E-state index in [9.17, 15) is 27.3 Å². The van der Waals surface area contributed by atoms with Crippen LogP contribution in [0, 0.1) is 22.9 Å². The Morgan fingerprint density at radius 2 is 1.09 bits per heavy atom. The van der Waals surface area contributed by atoms with E-state index in [-0.39, 0.29) is 35.3 Å². The lowest BCUT2D eigenvalue weighted by Crippen LogP contribution is -2.16. The second kappa shape index (κ2) is 28.3. The van der Waals surface area contributed by atoms with Crippen LogP contribution < -0.4 is 11.3 Å². The second-order valence-electron chi connectivity index (χ2n) is 16.4. The van der Waals surface area contributed by atoms with Crippen molar-refractivity contribution in [1.29, 1.82) is 5.41 Å². The van der Waals surface area contributed by atoms with Crippen molar-refractivity contribution in [1.82, 2.24) is 63.0 Å². The van der Waals surface area contributed by atoms with Crippen LogP contribution in [-0.2, 0) is 38.1 Å². The monoisotopic (exact) mass is 1200 g/mol. The van der Waals surface area contributed by atoms with E-state index < -0.39 is 11.2 Å². The Hall–Kier alpha value is -8.86. The molecule has 0 saturated carbocycles. The van der Waals surface area contributed by atoms with Gasteiger partial charge in [-0.1, -0.05) is 66.2 Å². The maximum atomic E-state index is 14.0. The number of aromatic amines is 1. The number of hydrogen-bond donors (Lipinski definition) is 3. The zero-order valence-electron chi connectivity index (χ0n) is 42.3. The highest BCUT2D eigenvalue weighted by molar-refractivity contribution is 8.24. The van der Waals surface area contributed by atoms with Crippen LogP contribution in [0.1, 0.15) is 39.5 Å². The average molecular weight is 1200 g/mol. The first-order valence-corrected chi connectivity index (χ1v) is 28.2. The van der Waals surface area contributed by atoms with Crippen LogP contribution in [-0.4, -0.2) is 89.1 Å². The van der Waals surface area contributed by atoms with Gasteiger partial charge in [0.25, 0.3) is 5.56 Å². The number of aromatic nitrogens is 13. The molecule has 28 heteroatoms. The number of nitrogen functional groups attached to an aromatic ring is 1. The Kier molecular flexibility index (Phi) is 20.9. The van der Waals surface area contributed by atoms with Gasteiger partial charge in [-0.25, -0.2) is 62.8 Å². The van der Waals surface area contributed by atoms with E-state index in [4.69, 9.17) is 22.7 Å². The van der Waals surface area contributed by atoms with Gasteiger partial charge in [-0.05, 0) is 74.7 Å². The third-order valence-electron chi connectivity index (χ3n) is 10.9. The molecule has 414 valence electrons. The van der Waals surface area contributed by atoms with Crippen LogP contribution in [0.3, 0.4) is 0 Å². The molecular weight excluding hydrogens is 1160 g/mol. The van der Waals surface area contributed by atoms with Crippen LogP contribution in [0.5, 0.6) is 0 Å². The van der Waals surface area contributed by atoms with Crippen molar-refractivity contribution in [2.24, 2.45) is 5.73 Å². The second-order valence-corrected chi connectivity index (χ2v) is 23.4. The molecule has 11 rings (SSSR count). The van der Waals surface area contributed by atoms with Gasteiger partial charge in [0.05, 0.1) is 43.6 Å². The van der Waals surface area contributed by atoms with Crippen molar-refractivity contribution in [2.75, 3.05) is 14.2 Å². The van der Waals surface area contributed by atoms with E-state index >= 15 is 0 Å². The topological polar surface area (TPSA) is 265 Å².